The molecular formula is C16H26N2O. The van der Waals surface area contributed by atoms with Gasteiger partial charge in [-0.3, -0.25) is 4.90 Å². The summed E-state index contributed by atoms with van der Waals surface area (Å²) in [7, 11) is 2.05. The van der Waals surface area contributed by atoms with Gasteiger partial charge in [-0.15, -0.1) is 0 Å². The Labute approximate surface area is 116 Å². The van der Waals surface area contributed by atoms with Gasteiger partial charge in [-0.1, -0.05) is 31.2 Å². The zero-order chi connectivity index (χ0) is 13.7. The Balaban J connectivity index is 2.01. The summed E-state index contributed by atoms with van der Waals surface area (Å²) in [6, 6.07) is 9.05. The van der Waals surface area contributed by atoms with E-state index < -0.39 is 0 Å². The van der Waals surface area contributed by atoms with Crippen LogP contribution >= 0.6 is 0 Å². The number of hydrogen-bond donors (Lipinski definition) is 1. The first-order valence-electron chi connectivity index (χ1n) is 7.31. The molecule has 2 atom stereocenters. The van der Waals surface area contributed by atoms with E-state index >= 15 is 0 Å². The zero-order valence-corrected chi connectivity index (χ0v) is 12.4. The molecular weight excluding hydrogens is 236 g/mol. The van der Waals surface area contributed by atoms with Gasteiger partial charge in [0.25, 0.3) is 0 Å². The summed E-state index contributed by atoms with van der Waals surface area (Å²) in [5.74, 6) is 0. The Kier molecular flexibility index (Phi) is 5.37. The van der Waals surface area contributed by atoms with E-state index in [0.717, 1.165) is 32.7 Å². The van der Waals surface area contributed by atoms with E-state index in [0.29, 0.717) is 12.1 Å². The van der Waals surface area contributed by atoms with Gasteiger partial charge in [-0.25, -0.2) is 0 Å². The van der Waals surface area contributed by atoms with Crippen molar-refractivity contribution >= 4 is 0 Å². The quantitative estimate of drug-likeness (QED) is 0.881. The summed E-state index contributed by atoms with van der Waals surface area (Å²) < 4.78 is 5.74. The molecule has 0 radical (unpaired) electrons. The molecule has 2 rings (SSSR count). The fourth-order valence-corrected chi connectivity index (χ4v) is 2.77. The molecule has 0 spiro atoms. The van der Waals surface area contributed by atoms with E-state index in [9.17, 15) is 0 Å². The maximum absolute atomic E-state index is 5.74. The van der Waals surface area contributed by atoms with Gasteiger partial charge in [-0.05, 0) is 31.5 Å². The first-order valence-corrected chi connectivity index (χ1v) is 7.31. The molecule has 1 fully saturated rings. The van der Waals surface area contributed by atoms with Crippen LogP contribution in [0.5, 0.6) is 0 Å². The highest BCUT2D eigenvalue weighted by Gasteiger charge is 2.22. The first kappa shape index (κ1) is 14.5. The van der Waals surface area contributed by atoms with Crippen molar-refractivity contribution in [3.05, 3.63) is 35.4 Å². The van der Waals surface area contributed by atoms with Crippen molar-refractivity contribution in [2.24, 2.45) is 0 Å². The molecule has 3 heteroatoms. The lowest BCUT2D eigenvalue weighted by atomic mass is 10.0. The molecule has 0 aromatic heterocycles. The second kappa shape index (κ2) is 7.04. The fraction of sp³-hybridized carbons (Fsp3) is 0.625. The maximum Gasteiger partial charge on any atom is 0.0700 e. The van der Waals surface area contributed by atoms with Gasteiger partial charge in [0.1, 0.15) is 0 Å². The van der Waals surface area contributed by atoms with Crippen molar-refractivity contribution in [2.45, 2.75) is 32.4 Å². The summed E-state index contributed by atoms with van der Waals surface area (Å²) in [5, 5.41) is 3.46. The summed E-state index contributed by atoms with van der Waals surface area (Å²) in [6.07, 6.45) is 1.51. The van der Waals surface area contributed by atoms with Crippen LogP contribution in [0.25, 0.3) is 0 Å². The minimum absolute atomic E-state index is 0.400. The van der Waals surface area contributed by atoms with Crippen molar-refractivity contribution in [3.63, 3.8) is 0 Å². The third-order valence-corrected chi connectivity index (χ3v) is 4.03. The molecule has 0 saturated carbocycles. The number of nitrogens with zero attached hydrogens (tertiary/aromatic N) is 1. The smallest absolute Gasteiger partial charge is 0.0700 e. The highest BCUT2D eigenvalue weighted by Crippen LogP contribution is 2.19. The largest absolute Gasteiger partial charge is 0.376 e. The Morgan fingerprint density at radius 1 is 1.42 bits per heavy atom. The summed E-state index contributed by atoms with van der Waals surface area (Å²) in [6.45, 7) is 8.41. The fourth-order valence-electron chi connectivity index (χ4n) is 2.77. The SMILES string of the molecule is CCC1CN(CC(NC)c2ccccc2C)CCO1. The molecule has 1 heterocycles. The third kappa shape index (κ3) is 3.78. The number of benzene rings is 1. The number of rotatable bonds is 5. The molecule has 1 aromatic rings. The van der Waals surface area contributed by atoms with Gasteiger partial charge in [0, 0.05) is 25.7 Å². The lowest BCUT2D eigenvalue weighted by Gasteiger charge is -2.35. The van der Waals surface area contributed by atoms with Gasteiger partial charge < -0.3 is 10.1 Å². The van der Waals surface area contributed by atoms with Crippen molar-refractivity contribution in [3.8, 4) is 0 Å². The van der Waals surface area contributed by atoms with Crippen molar-refractivity contribution < 1.29 is 4.74 Å². The minimum atomic E-state index is 0.400. The number of hydrogen-bond acceptors (Lipinski definition) is 3. The lowest BCUT2D eigenvalue weighted by Crippen LogP contribution is -2.45. The molecule has 0 bridgehead atoms. The predicted molar refractivity (Wildman–Crippen MR) is 79.5 cm³/mol. The van der Waals surface area contributed by atoms with Crippen LogP contribution < -0.4 is 5.32 Å². The summed E-state index contributed by atoms with van der Waals surface area (Å²) >= 11 is 0. The van der Waals surface area contributed by atoms with Crippen LogP contribution in [0.15, 0.2) is 24.3 Å². The molecule has 19 heavy (non-hydrogen) atoms. The monoisotopic (exact) mass is 262 g/mol. The highest BCUT2D eigenvalue weighted by molar-refractivity contribution is 5.29. The van der Waals surface area contributed by atoms with Crippen LogP contribution in [0.3, 0.4) is 0 Å². The van der Waals surface area contributed by atoms with Crippen LogP contribution in [-0.4, -0.2) is 44.3 Å². The molecule has 0 aliphatic carbocycles. The second-order valence-electron chi connectivity index (χ2n) is 5.36. The number of aryl methyl sites for hydroxylation is 1. The highest BCUT2D eigenvalue weighted by atomic mass is 16.5. The van der Waals surface area contributed by atoms with Crippen LogP contribution in [0.4, 0.5) is 0 Å². The van der Waals surface area contributed by atoms with E-state index in [-0.39, 0.29) is 0 Å². The van der Waals surface area contributed by atoms with Gasteiger partial charge in [0.2, 0.25) is 0 Å². The molecule has 1 aromatic carbocycles. The Bertz CT molecular complexity index is 394. The maximum atomic E-state index is 5.74. The predicted octanol–water partition coefficient (Wildman–Crippen LogP) is 2.37. The van der Waals surface area contributed by atoms with Crippen molar-refractivity contribution in [1.29, 1.82) is 0 Å². The van der Waals surface area contributed by atoms with Crippen LogP contribution in [0.2, 0.25) is 0 Å². The van der Waals surface area contributed by atoms with E-state index in [1.807, 2.05) is 0 Å². The second-order valence-corrected chi connectivity index (χ2v) is 5.36. The average Bonchev–Trinajstić information content (AvgIpc) is 2.46. The summed E-state index contributed by atoms with van der Waals surface area (Å²) in [4.78, 5) is 2.52. The normalized spacial score (nSPS) is 22.4. The molecule has 1 aliphatic heterocycles. The Morgan fingerprint density at radius 3 is 2.89 bits per heavy atom. The number of likely N-dealkylation sites (N-methyl/N-ethyl adjacent to an activating group) is 1. The van der Waals surface area contributed by atoms with E-state index in [1.165, 1.54) is 11.1 Å². The lowest BCUT2D eigenvalue weighted by molar-refractivity contribution is -0.0320. The van der Waals surface area contributed by atoms with Gasteiger partial charge in [0.05, 0.1) is 12.7 Å². The number of ether oxygens (including phenoxy) is 1. The van der Waals surface area contributed by atoms with Crippen molar-refractivity contribution in [1.82, 2.24) is 10.2 Å². The van der Waals surface area contributed by atoms with Gasteiger partial charge in [0.15, 0.2) is 0 Å². The molecule has 106 valence electrons. The van der Waals surface area contributed by atoms with Crippen LogP contribution in [0.1, 0.15) is 30.5 Å². The molecule has 2 unspecified atom stereocenters. The topological polar surface area (TPSA) is 24.5 Å². The Morgan fingerprint density at radius 2 is 2.21 bits per heavy atom. The van der Waals surface area contributed by atoms with Crippen LogP contribution in [0, 0.1) is 6.92 Å². The molecule has 0 amide bonds. The van der Waals surface area contributed by atoms with E-state index in [1.54, 1.807) is 0 Å². The first-order chi connectivity index (χ1) is 9.24. The molecule has 1 aliphatic rings. The Hall–Kier alpha value is -0.900. The summed E-state index contributed by atoms with van der Waals surface area (Å²) in [5.41, 5.74) is 2.77. The van der Waals surface area contributed by atoms with E-state index in [4.69, 9.17) is 4.74 Å². The minimum Gasteiger partial charge on any atom is -0.376 e. The number of morpholine rings is 1. The molecule has 1 saturated heterocycles. The van der Waals surface area contributed by atoms with Crippen LogP contribution in [-0.2, 0) is 4.74 Å². The van der Waals surface area contributed by atoms with Gasteiger partial charge in [-0.2, -0.15) is 0 Å². The zero-order valence-electron chi connectivity index (χ0n) is 12.4. The van der Waals surface area contributed by atoms with Gasteiger partial charge >= 0.3 is 0 Å². The number of nitrogens with one attached hydrogen (secondary N) is 1. The third-order valence-electron chi connectivity index (χ3n) is 4.03. The van der Waals surface area contributed by atoms with E-state index in [2.05, 4.69) is 55.4 Å². The molecule has 3 nitrogen and oxygen atoms in total. The van der Waals surface area contributed by atoms with Crippen molar-refractivity contribution in [2.75, 3.05) is 33.3 Å². The molecule has 1 N–H and O–H groups in total. The standard InChI is InChI=1S/C16H26N2O/c1-4-14-11-18(9-10-19-14)12-16(17-3)15-8-6-5-7-13(15)2/h5-8,14,16-17H,4,9-12H2,1-3H3. The average molecular weight is 262 g/mol.